The average molecular weight is 347 g/mol. The summed E-state index contributed by atoms with van der Waals surface area (Å²) in [4.78, 5) is 21.3. The number of carbonyl (C=O) groups excluding carboxylic acids is 1. The van der Waals surface area contributed by atoms with Crippen molar-refractivity contribution in [2.24, 2.45) is 0 Å². The first-order chi connectivity index (χ1) is 11.6. The highest BCUT2D eigenvalue weighted by Gasteiger charge is 2.23. The van der Waals surface area contributed by atoms with Gasteiger partial charge in [0.2, 0.25) is 0 Å². The van der Waals surface area contributed by atoms with Crippen molar-refractivity contribution in [2.75, 3.05) is 26.2 Å². The van der Waals surface area contributed by atoms with Crippen molar-refractivity contribution < 1.29 is 9.18 Å². The van der Waals surface area contributed by atoms with Crippen molar-refractivity contribution in [1.82, 2.24) is 14.8 Å². The van der Waals surface area contributed by atoms with E-state index in [0.29, 0.717) is 28.9 Å². The van der Waals surface area contributed by atoms with Crippen molar-refractivity contribution in [1.29, 1.82) is 0 Å². The Morgan fingerprint density at radius 3 is 2.75 bits per heavy atom. The van der Waals surface area contributed by atoms with Crippen LogP contribution in [0.3, 0.4) is 0 Å². The number of benzene rings is 1. The van der Waals surface area contributed by atoms with E-state index in [1.54, 1.807) is 23.6 Å². The van der Waals surface area contributed by atoms with Gasteiger partial charge in [-0.15, -0.1) is 11.3 Å². The Morgan fingerprint density at radius 2 is 2.00 bits per heavy atom. The summed E-state index contributed by atoms with van der Waals surface area (Å²) in [6.07, 6.45) is 0.966. The molecule has 0 saturated carbocycles. The van der Waals surface area contributed by atoms with Crippen LogP contribution in [0.2, 0.25) is 0 Å². The van der Waals surface area contributed by atoms with Crippen LogP contribution in [0.5, 0.6) is 0 Å². The molecule has 0 spiro atoms. The lowest BCUT2D eigenvalue weighted by molar-refractivity contribution is 0.0754. The molecule has 0 unspecified atom stereocenters. The molecule has 0 radical (unpaired) electrons. The SMILES string of the molecule is CC(C)N1CCCN(C(=O)c2csc(-c3ccccc3F)n2)CC1. The first-order valence-corrected chi connectivity index (χ1v) is 9.18. The number of amides is 1. The van der Waals surface area contributed by atoms with E-state index in [1.165, 1.54) is 17.4 Å². The second-order valence-corrected chi connectivity index (χ2v) is 7.15. The van der Waals surface area contributed by atoms with Crippen molar-refractivity contribution in [3.05, 3.63) is 41.2 Å². The zero-order valence-electron chi connectivity index (χ0n) is 14.0. The molecule has 1 amide bonds. The summed E-state index contributed by atoms with van der Waals surface area (Å²) in [5, 5.41) is 2.28. The lowest BCUT2D eigenvalue weighted by Crippen LogP contribution is -2.37. The van der Waals surface area contributed by atoms with Gasteiger partial charge in [-0.05, 0) is 32.4 Å². The molecule has 3 rings (SSSR count). The largest absolute Gasteiger partial charge is 0.336 e. The second-order valence-electron chi connectivity index (χ2n) is 6.29. The van der Waals surface area contributed by atoms with Crippen LogP contribution in [-0.4, -0.2) is 52.9 Å². The van der Waals surface area contributed by atoms with E-state index >= 15 is 0 Å². The molecule has 1 aliphatic heterocycles. The molecule has 0 bridgehead atoms. The van der Waals surface area contributed by atoms with E-state index in [-0.39, 0.29) is 11.7 Å². The highest BCUT2D eigenvalue weighted by molar-refractivity contribution is 7.13. The Labute approximate surface area is 145 Å². The number of nitrogens with zero attached hydrogens (tertiary/aromatic N) is 3. The minimum atomic E-state index is -0.312. The first kappa shape index (κ1) is 17.0. The summed E-state index contributed by atoms with van der Waals surface area (Å²) in [6, 6.07) is 7.02. The zero-order valence-corrected chi connectivity index (χ0v) is 14.9. The maximum absolute atomic E-state index is 13.9. The number of rotatable bonds is 3. The molecular formula is C18H22FN3OS. The molecule has 1 aliphatic rings. The van der Waals surface area contributed by atoms with Crippen LogP contribution in [0.4, 0.5) is 4.39 Å². The Balaban J connectivity index is 1.73. The third-order valence-corrected chi connectivity index (χ3v) is 5.25. The predicted octanol–water partition coefficient (Wildman–Crippen LogP) is 3.51. The Bertz CT molecular complexity index is 716. The third kappa shape index (κ3) is 3.65. The summed E-state index contributed by atoms with van der Waals surface area (Å²) < 4.78 is 13.9. The van der Waals surface area contributed by atoms with Crippen molar-refractivity contribution in [3.63, 3.8) is 0 Å². The molecule has 1 aromatic heterocycles. The normalized spacial score (nSPS) is 16.4. The van der Waals surface area contributed by atoms with Gasteiger partial charge in [-0.3, -0.25) is 9.69 Å². The summed E-state index contributed by atoms with van der Waals surface area (Å²) >= 11 is 1.31. The lowest BCUT2D eigenvalue weighted by atomic mass is 10.2. The fourth-order valence-electron chi connectivity index (χ4n) is 2.95. The molecule has 0 atom stereocenters. The minimum absolute atomic E-state index is 0.0561. The highest BCUT2D eigenvalue weighted by Crippen LogP contribution is 2.26. The molecule has 2 aromatic rings. The van der Waals surface area contributed by atoms with Crippen LogP contribution in [0.25, 0.3) is 10.6 Å². The van der Waals surface area contributed by atoms with E-state index in [4.69, 9.17) is 0 Å². The van der Waals surface area contributed by atoms with Crippen LogP contribution >= 0.6 is 11.3 Å². The number of thiazole rings is 1. The summed E-state index contributed by atoms with van der Waals surface area (Å²) in [7, 11) is 0. The van der Waals surface area contributed by atoms with Crippen LogP contribution in [0.15, 0.2) is 29.6 Å². The van der Waals surface area contributed by atoms with Gasteiger partial charge in [0, 0.05) is 43.2 Å². The first-order valence-electron chi connectivity index (χ1n) is 8.30. The van der Waals surface area contributed by atoms with Gasteiger partial charge in [-0.1, -0.05) is 12.1 Å². The number of aromatic nitrogens is 1. The summed E-state index contributed by atoms with van der Waals surface area (Å²) in [5.74, 6) is -0.368. The fraction of sp³-hybridized carbons (Fsp3) is 0.444. The van der Waals surface area contributed by atoms with Crippen molar-refractivity contribution in [3.8, 4) is 10.6 Å². The van der Waals surface area contributed by atoms with Crippen LogP contribution in [0.1, 0.15) is 30.8 Å². The number of carbonyl (C=O) groups is 1. The monoisotopic (exact) mass is 347 g/mol. The lowest BCUT2D eigenvalue weighted by Gasteiger charge is -2.24. The zero-order chi connectivity index (χ0) is 17.1. The van der Waals surface area contributed by atoms with Crippen molar-refractivity contribution >= 4 is 17.2 Å². The van der Waals surface area contributed by atoms with E-state index in [1.807, 2.05) is 4.90 Å². The van der Waals surface area contributed by atoms with Gasteiger partial charge in [0.05, 0.1) is 0 Å². The van der Waals surface area contributed by atoms with E-state index in [2.05, 4.69) is 23.7 Å². The molecule has 1 saturated heterocycles. The molecule has 128 valence electrons. The maximum Gasteiger partial charge on any atom is 0.273 e. The Morgan fingerprint density at radius 1 is 1.21 bits per heavy atom. The molecular weight excluding hydrogens is 325 g/mol. The van der Waals surface area contributed by atoms with Gasteiger partial charge in [-0.25, -0.2) is 9.37 Å². The quantitative estimate of drug-likeness (QED) is 0.853. The van der Waals surface area contributed by atoms with Gasteiger partial charge >= 0.3 is 0 Å². The predicted molar refractivity (Wildman–Crippen MR) is 94.7 cm³/mol. The van der Waals surface area contributed by atoms with Gasteiger partial charge in [0.1, 0.15) is 16.5 Å². The van der Waals surface area contributed by atoms with Gasteiger partial charge in [0.25, 0.3) is 5.91 Å². The molecule has 0 N–H and O–H groups in total. The fourth-order valence-corrected chi connectivity index (χ4v) is 3.77. The summed E-state index contributed by atoms with van der Waals surface area (Å²) in [5.41, 5.74) is 0.861. The number of halogens is 1. The maximum atomic E-state index is 13.9. The number of hydrogen-bond acceptors (Lipinski definition) is 4. The molecule has 2 heterocycles. The average Bonchev–Trinajstić information content (AvgIpc) is 2.91. The summed E-state index contributed by atoms with van der Waals surface area (Å²) in [6.45, 7) is 7.71. The van der Waals surface area contributed by atoms with Gasteiger partial charge in [0.15, 0.2) is 0 Å². The minimum Gasteiger partial charge on any atom is -0.336 e. The molecule has 6 heteroatoms. The molecule has 4 nitrogen and oxygen atoms in total. The van der Waals surface area contributed by atoms with Crippen LogP contribution in [-0.2, 0) is 0 Å². The van der Waals surface area contributed by atoms with Crippen molar-refractivity contribution in [2.45, 2.75) is 26.3 Å². The smallest absolute Gasteiger partial charge is 0.273 e. The molecule has 24 heavy (non-hydrogen) atoms. The number of hydrogen-bond donors (Lipinski definition) is 0. The van der Waals surface area contributed by atoms with Gasteiger partial charge < -0.3 is 4.90 Å². The standard InChI is InChI=1S/C18H22FN3OS/c1-13(2)21-8-5-9-22(11-10-21)18(23)16-12-24-17(20-16)14-6-3-4-7-15(14)19/h3-4,6-7,12-13H,5,8-11H2,1-2H3. The van der Waals surface area contributed by atoms with E-state index < -0.39 is 0 Å². The highest BCUT2D eigenvalue weighted by atomic mass is 32.1. The Kier molecular flexibility index (Phi) is 5.26. The van der Waals surface area contributed by atoms with Gasteiger partial charge in [-0.2, -0.15) is 0 Å². The van der Waals surface area contributed by atoms with Crippen LogP contribution < -0.4 is 0 Å². The Hall–Kier alpha value is -1.79. The molecule has 1 aromatic carbocycles. The topological polar surface area (TPSA) is 36.4 Å². The molecule has 1 fully saturated rings. The molecule has 0 aliphatic carbocycles. The van der Waals surface area contributed by atoms with E-state index in [0.717, 1.165) is 26.1 Å². The third-order valence-electron chi connectivity index (χ3n) is 4.38. The second kappa shape index (κ2) is 7.40. The van der Waals surface area contributed by atoms with Crippen LogP contribution in [0, 0.1) is 5.82 Å². The van der Waals surface area contributed by atoms with E-state index in [9.17, 15) is 9.18 Å².